The number of hydrogen-bond donors (Lipinski definition) is 2. The Balaban J connectivity index is 4.04. The Kier molecular flexibility index (Phi) is 9.00. The van der Waals surface area contributed by atoms with Crippen LogP contribution in [0.4, 0.5) is 4.79 Å². The SMILES string of the molecule is CC(C)C(CNCCCS(C)(=O)=O)CNC(=O)OC(C)(C)C. The van der Waals surface area contributed by atoms with Gasteiger partial charge in [-0.3, -0.25) is 0 Å². The summed E-state index contributed by atoms with van der Waals surface area (Å²) in [6.07, 6.45) is 1.44. The van der Waals surface area contributed by atoms with Gasteiger partial charge in [0.2, 0.25) is 0 Å². The smallest absolute Gasteiger partial charge is 0.407 e. The summed E-state index contributed by atoms with van der Waals surface area (Å²) < 4.78 is 27.3. The molecule has 0 saturated heterocycles. The molecule has 0 spiro atoms. The first-order valence-electron chi connectivity index (χ1n) is 7.76. The van der Waals surface area contributed by atoms with Crippen molar-refractivity contribution in [2.24, 2.45) is 11.8 Å². The monoisotopic (exact) mass is 336 g/mol. The minimum absolute atomic E-state index is 0.197. The molecule has 132 valence electrons. The van der Waals surface area contributed by atoms with Gasteiger partial charge >= 0.3 is 6.09 Å². The summed E-state index contributed by atoms with van der Waals surface area (Å²) in [5, 5.41) is 6.04. The number of ether oxygens (including phenoxy) is 1. The molecule has 0 aromatic rings. The first kappa shape index (κ1) is 21.2. The van der Waals surface area contributed by atoms with E-state index in [1.165, 1.54) is 6.26 Å². The minimum Gasteiger partial charge on any atom is -0.444 e. The highest BCUT2D eigenvalue weighted by molar-refractivity contribution is 7.90. The molecule has 0 aliphatic heterocycles. The summed E-state index contributed by atoms with van der Waals surface area (Å²) in [7, 11) is -2.89. The highest BCUT2D eigenvalue weighted by Crippen LogP contribution is 2.10. The maximum atomic E-state index is 11.7. The van der Waals surface area contributed by atoms with Gasteiger partial charge in [-0.05, 0) is 52.1 Å². The van der Waals surface area contributed by atoms with Gasteiger partial charge in [-0.15, -0.1) is 0 Å². The zero-order valence-electron chi connectivity index (χ0n) is 14.7. The van der Waals surface area contributed by atoms with Crippen LogP contribution in [-0.4, -0.2) is 51.8 Å². The number of amides is 1. The van der Waals surface area contributed by atoms with Crippen molar-refractivity contribution in [1.82, 2.24) is 10.6 Å². The maximum absolute atomic E-state index is 11.7. The van der Waals surface area contributed by atoms with Gasteiger partial charge in [-0.2, -0.15) is 0 Å². The van der Waals surface area contributed by atoms with Crippen LogP contribution in [0.3, 0.4) is 0 Å². The molecule has 0 saturated carbocycles. The molecule has 0 rings (SSSR count). The summed E-state index contributed by atoms with van der Waals surface area (Å²) in [6, 6.07) is 0. The Hall–Kier alpha value is -0.820. The molecule has 0 fully saturated rings. The topological polar surface area (TPSA) is 84.5 Å². The van der Waals surface area contributed by atoms with Crippen molar-refractivity contribution in [3.8, 4) is 0 Å². The van der Waals surface area contributed by atoms with Crippen LogP contribution in [0.1, 0.15) is 41.0 Å². The average molecular weight is 336 g/mol. The van der Waals surface area contributed by atoms with Gasteiger partial charge in [0.15, 0.2) is 0 Å². The third-order valence-corrected chi connectivity index (χ3v) is 4.16. The molecule has 0 aromatic heterocycles. The molecule has 0 aliphatic rings. The van der Waals surface area contributed by atoms with Gasteiger partial charge in [-0.25, -0.2) is 13.2 Å². The second-order valence-corrected chi connectivity index (χ2v) is 9.33. The first-order chi connectivity index (χ1) is 9.91. The Labute approximate surface area is 135 Å². The van der Waals surface area contributed by atoms with Gasteiger partial charge in [0.1, 0.15) is 15.4 Å². The fourth-order valence-electron chi connectivity index (χ4n) is 1.82. The molecule has 1 atom stereocenters. The second kappa shape index (κ2) is 9.35. The molecule has 6 nitrogen and oxygen atoms in total. The molecule has 7 heteroatoms. The second-order valence-electron chi connectivity index (χ2n) is 7.07. The van der Waals surface area contributed by atoms with Gasteiger partial charge in [0.05, 0.1) is 5.75 Å². The zero-order chi connectivity index (χ0) is 17.4. The lowest BCUT2D eigenvalue weighted by atomic mass is 9.96. The number of hydrogen-bond acceptors (Lipinski definition) is 5. The van der Waals surface area contributed by atoms with Crippen LogP contribution in [0.2, 0.25) is 0 Å². The quantitative estimate of drug-likeness (QED) is 0.627. The van der Waals surface area contributed by atoms with E-state index in [1.54, 1.807) is 0 Å². The number of sulfone groups is 1. The highest BCUT2D eigenvalue weighted by atomic mass is 32.2. The number of alkyl carbamates (subject to hydrolysis) is 1. The van der Waals surface area contributed by atoms with Gasteiger partial charge in [0, 0.05) is 12.8 Å². The molecule has 0 heterocycles. The predicted octanol–water partition coefficient (Wildman–Crippen LogP) is 1.81. The normalized spacial score (nSPS) is 14.0. The van der Waals surface area contributed by atoms with E-state index in [0.29, 0.717) is 25.4 Å². The van der Waals surface area contributed by atoms with E-state index in [1.807, 2.05) is 20.8 Å². The van der Waals surface area contributed by atoms with E-state index in [0.717, 1.165) is 6.54 Å². The Morgan fingerprint density at radius 1 is 1.18 bits per heavy atom. The largest absolute Gasteiger partial charge is 0.444 e. The molecule has 0 radical (unpaired) electrons. The molecular formula is C15H32N2O4S. The number of carbonyl (C=O) groups is 1. The number of nitrogens with one attached hydrogen (secondary N) is 2. The van der Waals surface area contributed by atoms with Crippen molar-refractivity contribution in [3.05, 3.63) is 0 Å². The van der Waals surface area contributed by atoms with E-state index < -0.39 is 21.5 Å². The third kappa shape index (κ3) is 12.9. The lowest BCUT2D eigenvalue weighted by Crippen LogP contribution is -2.39. The Morgan fingerprint density at radius 2 is 1.77 bits per heavy atom. The van der Waals surface area contributed by atoms with E-state index in [-0.39, 0.29) is 11.7 Å². The molecule has 0 aliphatic carbocycles. The molecular weight excluding hydrogens is 304 g/mol. The van der Waals surface area contributed by atoms with E-state index in [2.05, 4.69) is 24.5 Å². The zero-order valence-corrected chi connectivity index (χ0v) is 15.5. The van der Waals surface area contributed by atoms with E-state index >= 15 is 0 Å². The summed E-state index contributed by atoms with van der Waals surface area (Å²) >= 11 is 0. The standard InChI is InChI=1S/C15H32N2O4S/c1-12(2)13(10-16-8-7-9-22(6,19)20)11-17-14(18)21-15(3,4)5/h12-13,16H,7-11H2,1-6H3,(H,17,18). The third-order valence-electron chi connectivity index (χ3n) is 3.13. The van der Waals surface area contributed by atoms with Crippen LogP contribution in [0.25, 0.3) is 0 Å². The van der Waals surface area contributed by atoms with Crippen LogP contribution in [0.5, 0.6) is 0 Å². The van der Waals surface area contributed by atoms with Gasteiger partial charge < -0.3 is 15.4 Å². The van der Waals surface area contributed by atoms with Crippen molar-refractivity contribution in [1.29, 1.82) is 0 Å². The minimum atomic E-state index is -2.89. The molecule has 22 heavy (non-hydrogen) atoms. The summed E-state index contributed by atoms with van der Waals surface area (Å²) in [6.45, 7) is 11.6. The predicted molar refractivity (Wildman–Crippen MR) is 89.8 cm³/mol. The van der Waals surface area contributed by atoms with Gasteiger partial charge in [-0.1, -0.05) is 13.8 Å². The summed E-state index contributed by atoms with van der Waals surface area (Å²) in [5.74, 6) is 0.866. The van der Waals surface area contributed by atoms with Crippen molar-refractivity contribution in [2.45, 2.75) is 46.6 Å². The average Bonchev–Trinajstić information content (AvgIpc) is 2.28. The van der Waals surface area contributed by atoms with Crippen LogP contribution in [-0.2, 0) is 14.6 Å². The summed E-state index contributed by atoms with van der Waals surface area (Å²) in [4.78, 5) is 11.7. The van der Waals surface area contributed by atoms with Crippen molar-refractivity contribution < 1.29 is 17.9 Å². The number of rotatable bonds is 9. The van der Waals surface area contributed by atoms with Crippen molar-refractivity contribution in [3.63, 3.8) is 0 Å². The molecule has 0 bridgehead atoms. The van der Waals surface area contributed by atoms with Crippen LogP contribution in [0, 0.1) is 11.8 Å². The van der Waals surface area contributed by atoms with Crippen LogP contribution < -0.4 is 10.6 Å². The fourth-order valence-corrected chi connectivity index (χ4v) is 2.49. The van der Waals surface area contributed by atoms with Crippen molar-refractivity contribution in [2.75, 3.05) is 31.6 Å². The van der Waals surface area contributed by atoms with Crippen LogP contribution >= 0.6 is 0 Å². The lowest BCUT2D eigenvalue weighted by molar-refractivity contribution is 0.0515. The molecule has 1 amide bonds. The highest BCUT2D eigenvalue weighted by Gasteiger charge is 2.18. The number of carbonyl (C=O) groups excluding carboxylic acids is 1. The van der Waals surface area contributed by atoms with Crippen LogP contribution in [0.15, 0.2) is 0 Å². The maximum Gasteiger partial charge on any atom is 0.407 e. The first-order valence-corrected chi connectivity index (χ1v) is 9.82. The lowest BCUT2D eigenvalue weighted by Gasteiger charge is -2.24. The van der Waals surface area contributed by atoms with E-state index in [4.69, 9.17) is 4.74 Å². The molecule has 1 unspecified atom stereocenters. The molecule has 0 aromatic carbocycles. The van der Waals surface area contributed by atoms with Gasteiger partial charge in [0.25, 0.3) is 0 Å². The Bertz CT molecular complexity index is 427. The van der Waals surface area contributed by atoms with Crippen molar-refractivity contribution >= 4 is 15.9 Å². The summed E-state index contributed by atoms with van der Waals surface area (Å²) in [5.41, 5.74) is -0.499. The van der Waals surface area contributed by atoms with E-state index in [9.17, 15) is 13.2 Å². The Morgan fingerprint density at radius 3 is 2.23 bits per heavy atom. The fraction of sp³-hybridized carbons (Fsp3) is 0.933. The molecule has 2 N–H and O–H groups in total.